The van der Waals surface area contributed by atoms with E-state index >= 15 is 0 Å². The SMILES string of the molecule is Cc1ccc(C(=O)N2CCC3(CC2)NC(=O)[C@@H]2CN(CCC(C)C)C[C@@H]23)cc1. The number of likely N-dealkylation sites (tertiary alicyclic amines) is 2. The number of hydrogen-bond donors (Lipinski definition) is 1. The minimum atomic E-state index is -0.113. The molecule has 3 heterocycles. The van der Waals surface area contributed by atoms with Crippen molar-refractivity contribution in [1.82, 2.24) is 15.1 Å². The Balaban J connectivity index is 1.40. The normalized spacial score (nSPS) is 26.7. The molecule has 1 N–H and O–H groups in total. The highest BCUT2D eigenvalue weighted by Crippen LogP contribution is 2.44. The maximum Gasteiger partial charge on any atom is 0.253 e. The first kappa shape index (κ1) is 19.4. The van der Waals surface area contributed by atoms with Crippen LogP contribution in [0.5, 0.6) is 0 Å². The van der Waals surface area contributed by atoms with E-state index in [9.17, 15) is 9.59 Å². The second-order valence-electron chi connectivity index (χ2n) is 9.46. The molecule has 3 fully saturated rings. The van der Waals surface area contributed by atoms with Gasteiger partial charge in [-0.1, -0.05) is 31.5 Å². The van der Waals surface area contributed by atoms with E-state index in [4.69, 9.17) is 0 Å². The van der Waals surface area contributed by atoms with E-state index < -0.39 is 0 Å². The molecule has 1 spiro atoms. The second-order valence-corrected chi connectivity index (χ2v) is 9.46. The Hall–Kier alpha value is -1.88. The average Bonchev–Trinajstić information content (AvgIpc) is 3.21. The molecule has 3 aliphatic rings. The molecule has 3 saturated heterocycles. The molecule has 1 aromatic rings. The fraction of sp³-hybridized carbons (Fsp3) is 0.652. The topological polar surface area (TPSA) is 52.7 Å². The molecule has 0 saturated carbocycles. The van der Waals surface area contributed by atoms with Crippen molar-refractivity contribution in [3.8, 4) is 0 Å². The van der Waals surface area contributed by atoms with Gasteiger partial charge in [0.05, 0.1) is 5.92 Å². The highest BCUT2D eigenvalue weighted by molar-refractivity contribution is 5.94. The van der Waals surface area contributed by atoms with Gasteiger partial charge in [0.25, 0.3) is 5.91 Å². The first-order chi connectivity index (χ1) is 13.4. The van der Waals surface area contributed by atoms with Crippen LogP contribution in [0.2, 0.25) is 0 Å². The number of hydrogen-bond acceptors (Lipinski definition) is 3. The molecule has 0 aliphatic carbocycles. The number of aryl methyl sites for hydroxylation is 1. The van der Waals surface area contributed by atoms with Crippen LogP contribution in [-0.2, 0) is 4.79 Å². The third kappa shape index (κ3) is 3.57. The monoisotopic (exact) mass is 383 g/mol. The molecule has 4 rings (SSSR count). The molecule has 0 radical (unpaired) electrons. The van der Waals surface area contributed by atoms with E-state index in [0.29, 0.717) is 11.8 Å². The molecule has 5 nitrogen and oxygen atoms in total. The molecule has 5 heteroatoms. The Labute approximate surface area is 168 Å². The number of carbonyl (C=O) groups excluding carboxylic acids is 2. The maximum absolute atomic E-state index is 12.8. The van der Waals surface area contributed by atoms with Gasteiger partial charge < -0.3 is 15.1 Å². The van der Waals surface area contributed by atoms with Crippen molar-refractivity contribution in [1.29, 1.82) is 0 Å². The van der Waals surface area contributed by atoms with Gasteiger partial charge in [0.1, 0.15) is 0 Å². The molecule has 152 valence electrons. The number of nitrogens with zero attached hydrogens (tertiary/aromatic N) is 2. The predicted molar refractivity (Wildman–Crippen MR) is 110 cm³/mol. The van der Waals surface area contributed by atoms with Crippen molar-refractivity contribution in [2.24, 2.45) is 17.8 Å². The third-order valence-electron chi connectivity index (χ3n) is 7.08. The Morgan fingerprint density at radius 1 is 1.18 bits per heavy atom. The van der Waals surface area contributed by atoms with Crippen LogP contribution in [0, 0.1) is 24.7 Å². The van der Waals surface area contributed by atoms with Crippen LogP contribution in [0.1, 0.15) is 49.0 Å². The van der Waals surface area contributed by atoms with Crippen LogP contribution in [0.25, 0.3) is 0 Å². The van der Waals surface area contributed by atoms with Gasteiger partial charge in [-0.15, -0.1) is 0 Å². The lowest BCUT2D eigenvalue weighted by Crippen LogP contribution is -2.56. The minimum absolute atomic E-state index is 0.112. The molecule has 2 atom stereocenters. The van der Waals surface area contributed by atoms with Crippen LogP contribution < -0.4 is 5.32 Å². The summed E-state index contributed by atoms with van der Waals surface area (Å²) in [6, 6.07) is 7.81. The zero-order valence-corrected chi connectivity index (χ0v) is 17.4. The van der Waals surface area contributed by atoms with E-state index in [0.717, 1.165) is 56.7 Å². The summed E-state index contributed by atoms with van der Waals surface area (Å²) in [6.07, 6.45) is 2.93. The number of fused-ring (bicyclic) bond motifs is 2. The van der Waals surface area contributed by atoms with Gasteiger partial charge in [0.15, 0.2) is 0 Å². The Morgan fingerprint density at radius 3 is 2.50 bits per heavy atom. The van der Waals surface area contributed by atoms with E-state index in [-0.39, 0.29) is 23.3 Å². The largest absolute Gasteiger partial charge is 0.350 e. The van der Waals surface area contributed by atoms with Crippen molar-refractivity contribution in [2.45, 2.75) is 45.6 Å². The van der Waals surface area contributed by atoms with Gasteiger partial charge in [-0.05, 0) is 50.8 Å². The quantitative estimate of drug-likeness (QED) is 0.870. The van der Waals surface area contributed by atoms with Crippen LogP contribution in [-0.4, -0.2) is 59.9 Å². The summed E-state index contributed by atoms with van der Waals surface area (Å²) in [5.41, 5.74) is 1.81. The van der Waals surface area contributed by atoms with Gasteiger partial charge in [-0.3, -0.25) is 9.59 Å². The number of piperidine rings is 1. The molecule has 28 heavy (non-hydrogen) atoms. The Bertz CT molecular complexity index is 735. The van der Waals surface area contributed by atoms with Gasteiger partial charge in [-0.25, -0.2) is 0 Å². The van der Waals surface area contributed by atoms with Crippen LogP contribution in [0.4, 0.5) is 0 Å². The van der Waals surface area contributed by atoms with Gasteiger partial charge in [0, 0.05) is 43.2 Å². The molecule has 2 amide bonds. The lowest BCUT2D eigenvalue weighted by molar-refractivity contribution is -0.123. The second kappa shape index (κ2) is 7.51. The summed E-state index contributed by atoms with van der Waals surface area (Å²) in [7, 11) is 0. The Kier molecular flexibility index (Phi) is 5.21. The number of benzene rings is 1. The average molecular weight is 384 g/mol. The molecular weight excluding hydrogens is 350 g/mol. The van der Waals surface area contributed by atoms with Crippen molar-refractivity contribution >= 4 is 11.8 Å². The van der Waals surface area contributed by atoms with Crippen LogP contribution in [0.15, 0.2) is 24.3 Å². The first-order valence-electron chi connectivity index (χ1n) is 10.8. The minimum Gasteiger partial charge on any atom is -0.350 e. The van der Waals surface area contributed by atoms with Gasteiger partial charge in [0.2, 0.25) is 5.91 Å². The molecule has 0 aromatic heterocycles. The number of amides is 2. The van der Waals surface area contributed by atoms with E-state index in [1.165, 1.54) is 6.42 Å². The van der Waals surface area contributed by atoms with E-state index in [1.807, 2.05) is 36.1 Å². The fourth-order valence-electron chi connectivity index (χ4n) is 5.25. The van der Waals surface area contributed by atoms with Gasteiger partial charge >= 0.3 is 0 Å². The van der Waals surface area contributed by atoms with Crippen molar-refractivity contribution < 1.29 is 9.59 Å². The first-order valence-corrected chi connectivity index (χ1v) is 10.8. The van der Waals surface area contributed by atoms with E-state index in [1.54, 1.807) is 0 Å². The molecular formula is C23H33N3O2. The van der Waals surface area contributed by atoms with Crippen molar-refractivity contribution in [3.05, 3.63) is 35.4 Å². The van der Waals surface area contributed by atoms with Crippen molar-refractivity contribution in [3.63, 3.8) is 0 Å². The highest BCUT2D eigenvalue weighted by Gasteiger charge is 2.57. The lowest BCUT2D eigenvalue weighted by atomic mass is 9.75. The summed E-state index contributed by atoms with van der Waals surface area (Å²) in [6.45, 7) is 11.0. The smallest absolute Gasteiger partial charge is 0.253 e. The van der Waals surface area contributed by atoms with Crippen LogP contribution >= 0.6 is 0 Å². The fourth-order valence-corrected chi connectivity index (χ4v) is 5.25. The summed E-state index contributed by atoms with van der Waals surface area (Å²) in [5, 5.41) is 3.36. The molecule has 1 aromatic carbocycles. The Morgan fingerprint density at radius 2 is 1.86 bits per heavy atom. The zero-order chi connectivity index (χ0) is 19.9. The zero-order valence-electron chi connectivity index (χ0n) is 17.4. The summed E-state index contributed by atoms with van der Waals surface area (Å²) >= 11 is 0. The summed E-state index contributed by atoms with van der Waals surface area (Å²) in [5.74, 6) is 1.56. The third-order valence-corrected chi connectivity index (χ3v) is 7.08. The number of carbonyl (C=O) groups is 2. The maximum atomic E-state index is 12.8. The van der Waals surface area contributed by atoms with Crippen LogP contribution in [0.3, 0.4) is 0 Å². The molecule has 0 bridgehead atoms. The van der Waals surface area contributed by atoms with Crippen molar-refractivity contribution in [2.75, 3.05) is 32.7 Å². The van der Waals surface area contributed by atoms with Gasteiger partial charge in [-0.2, -0.15) is 0 Å². The highest BCUT2D eigenvalue weighted by atomic mass is 16.2. The van der Waals surface area contributed by atoms with E-state index in [2.05, 4.69) is 24.1 Å². The number of rotatable bonds is 4. The molecule has 0 unspecified atom stereocenters. The lowest BCUT2D eigenvalue weighted by Gasteiger charge is -2.42. The summed E-state index contributed by atoms with van der Waals surface area (Å²) in [4.78, 5) is 29.9. The predicted octanol–water partition coefficient (Wildman–Crippen LogP) is 2.69. The molecule has 3 aliphatic heterocycles. The standard InChI is InChI=1S/C23H33N3O2/c1-16(2)8-11-25-14-19-20(15-25)23(24-21(19)27)9-12-26(13-10-23)22(28)18-6-4-17(3)5-7-18/h4-7,16,19-20H,8-15H2,1-3H3,(H,24,27)/t19-,20+/m1/s1. The number of nitrogens with one attached hydrogen (secondary N) is 1. The summed E-state index contributed by atoms with van der Waals surface area (Å²) < 4.78 is 0.